The number of likely N-dealkylation sites (tertiary alicyclic amines) is 1. The maximum Gasteiger partial charge on any atom is 0.127 e. The van der Waals surface area contributed by atoms with Gasteiger partial charge in [0.25, 0.3) is 0 Å². The molecule has 2 aliphatic rings. The van der Waals surface area contributed by atoms with Crippen LogP contribution in [0.5, 0.6) is 5.75 Å². The number of hydrogen-bond donors (Lipinski definition) is 1. The Morgan fingerprint density at radius 3 is 2.50 bits per heavy atom. The van der Waals surface area contributed by atoms with E-state index in [0.29, 0.717) is 16.7 Å². The Morgan fingerprint density at radius 1 is 0.964 bits per heavy atom. The second kappa shape index (κ2) is 9.36. The Morgan fingerprint density at radius 2 is 1.71 bits per heavy atom. The van der Waals surface area contributed by atoms with Gasteiger partial charge in [-0.1, -0.05) is 41.4 Å². The number of anilines is 1. The van der Waals surface area contributed by atoms with Gasteiger partial charge in [-0.15, -0.1) is 0 Å². The first-order valence-corrected chi connectivity index (χ1v) is 10.9. The van der Waals surface area contributed by atoms with Gasteiger partial charge in [0.15, 0.2) is 0 Å². The largest absolute Gasteiger partial charge is 0.492 e. The fourth-order valence-corrected chi connectivity index (χ4v) is 4.43. The number of hydrogen-bond acceptors (Lipinski definition) is 4. The molecule has 0 saturated carbocycles. The van der Waals surface area contributed by atoms with Crippen molar-refractivity contribution < 1.29 is 4.74 Å². The smallest absolute Gasteiger partial charge is 0.127 e. The van der Waals surface area contributed by atoms with Crippen LogP contribution in [-0.2, 0) is 0 Å². The highest BCUT2D eigenvalue weighted by atomic mass is 35.5. The summed E-state index contributed by atoms with van der Waals surface area (Å²) in [6.45, 7) is 7.80. The Bertz CT molecular complexity index is 802. The van der Waals surface area contributed by atoms with Crippen LogP contribution in [0.25, 0.3) is 11.1 Å². The molecule has 2 heterocycles. The highest BCUT2D eigenvalue weighted by Gasteiger charge is 2.18. The maximum absolute atomic E-state index is 6.55. The molecule has 2 saturated heterocycles. The molecule has 1 N–H and O–H groups in total. The molecule has 6 heteroatoms. The Hall–Kier alpha value is -1.46. The van der Waals surface area contributed by atoms with Gasteiger partial charge in [0.1, 0.15) is 12.4 Å². The molecule has 2 fully saturated rings. The molecule has 0 radical (unpaired) electrons. The molecule has 2 aromatic carbocycles. The minimum absolute atomic E-state index is 0.583. The standard InChI is InChI=1S/C22H27Cl2N3O/c23-19-15-17(16-20(22(19)24)27-11-7-25-8-12-27)18-5-1-2-6-21(18)28-14-13-26-9-3-4-10-26/h1-2,5-6,15-16,25H,3-4,7-14H2. The zero-order chi connectivity index (χ0) is 19.3. The van der Waals surface area contributed by atoms with E-state index in [0.717, 1.165) is 55.3 Å². The number of rotatable bonds is 6. The van der Waals surface area contributed by atoms with Crippen LogP contribution in [0.1, 0.15) is 12.8 Å². The van der Waals surface area contributed by atoms with Gasteiger partial charge in [-0.3, -0.25) is 4.90 Å². The van der Waals surface area contributed by atoms with Crippen molar-refractivity contribution in [1.82, 2.24) is 10.2 Å². The molecule has 2 aliphatic heterocycles. The molecule has 0 spiro atoms. The summed E-state index contributed by atoms with van der Waals surface area (Å²) in [5, 5.41) is 4.59. The summed E-state index contributed by atoms with van der Waals surface area (Å²) < 4.78 is 6.17. The van der Waals surface area contributed by atoms with Gasteiger partial charge in [0.2, 0.25) is 0 Å². The predicted molar refractivity (Wildman–Crippen MR) is 118 cm³/mol. The van der Waals surface area contributed by atoms with E-state index in [-0.39, 0.29) is 0 Å². The van der Waals surface area contributed by atoms with Crippen LogP contribution in [0.2, 0.25) is 10.0 Å². The number of nitrogens with zero attached hydrogens (tertiary/aromatic N) is 2. The van der Waals surface area contributed by atoms with Crippen molar-refractivity contribution >= 4 is 28.9 Å². The van der Waals surface area contributed by atoms with Crippen molar-refractivity contribution in [3.63, 3.8) is 0 Å². The van der Waals surface area contributed by atoms with Gasteiger partial charge in [-0.25, -0.2) is 0 Å². The lowest BCUT2D eigenvalue weighted by molar-refractivity contribution is 0.238. The van der Waals surface area contributed by atoms with Crippen LogP contribution in [0.3, 0.4) is 0 Å². The Balaban J connectivity index is 1.57. The lowest BCUT2D eigenvalue weighted by Gasteiger charge is -2.31. The van der Waals surface area contributed by atoms with Crippen LogP contribution >= 0.6 is 23.2 Å². The molecular weight excluding hydrogens is 393 g/mol. The minimum Gasteiger partial charge on any atom is -0.492 e. The van der Waals surface area contributed by atoms with Crippen molar-refractivity contribution in [2.24, 2.45) is 0 Å². The van der Waals surface area contributed by atoms with E-state index in [1.54, 1.807) is 0 Å². The molecule has 4 rings (SSSR count). The van der Waals surface area contributed by atoms with Crippen molar-refractivity contribution in [3.8, 4) is 16.9 Å². The van der Waals surface area contributed by atoms with E-state index < -0.39 is 0 Å². The third kappa shape index (κ3) is 4.57. The zero-order valence-corrected chi connectivity index (χ0v) is 17.6. The van der Waals surface area contributed by atoms with Crippen LogP contribution in [0.15, 0.2) is 36.4 Å². The first kappa shape index (κ1) is 19.8. The Labute approximate surface area is 177 Å². The van der Waals surface area contributed by atoms with Gasteiger partial charge in [0.05, 0.1) is 15.7 Å². The minimum atomic E-state index is 0.583. The van der Waals surface area contributed by atoms with Crippen molar-refractivity contribution in [1.29, 1.82) is 0 Å². The van der Waals surface area contributed by atoms with E-state index in [1.807, 2.05) is 24.3 Å². The number of para-hydroxylation sites is 1. The van der Waals surface area contributed by atoms with E-state index in [1.165, 1.54) is 25.9 Å². The molecule has 0 amide bonds. The van der Waals surface area contributed by atoms with Crippen molar-refractivity contribution in [2.45, 2.75) is 12.8 Å². The molecule has 0 bridgehead atoms. The fourth-order valence-electron chi connectivity index (χ4n) is 3.99. The quantitative estimate of drug-likeness (QED) is 0.743. The molecule has 2 aromatic rings. The fraction of sp³-hybridized carbons (Fsp3) is 0.455. The second-order valence-corrected chi connectivity index (χ2v) is 8.21. The van der Waals surface area contributed by atoms with Gasteiger partial charge in [0, 0.05) is 38.3 Å². The first-order valence-electron chi connectivity index (χ1n) is 10.1. The van der Waals surface area contributed by atoms with E-state index in [9.17, 15) is 0 Å². The molecule has 28 heavy (non-hydrogen) atoms. The van der Waals surface area contributed by atoms with Crippen LogP contribution in [0.4, 0.5) is 5.69 Å². The summed E-state index contributed by atoms with van der Waals surface area (Å²) in [4.78, 5) is 4.76. The first-order chi connectivity index (χ1) is 13.7. The summed E-state index contributed by atoms with van der Waals surface area (Å²) in [6.07, 6.45) is 2.60. The van der Waals surface area contributed by atoms with Crippen LogP contribution in [-0.4, -0.2) is 57.3 Å². The number of halogens is 2. The highest BCUT2D eigenvalue weighted by Crippen LogP contribution is 2.40. The summed E-state index contributed by atoms with van der Waals surface area (Å²) in [5.41, 5.74) is 3.09. The predicted octanol–water partition coefficient (Wildman–Crippen LogP) is 4.54. The molecule has 0 atom stereocenters. The molecule has 0 aromatic heterocycles. The van der Waals surface area contributed by atoms with Crippen molar-refractivity contribution in [3.05, 3.63) is 46.4 Å². The maximum atomic E-state index is 6.55. The lowest BCUT2D eigenvalue weighted by Crippen LogP contribution is -2.43. The third-order valence-electron chi connectivity index (χ3n) is 5.53. The third-order valence-corrected chi connectivity index (χ3v) is 6.32. The highest BCUT2D eigenvalue weighted by molar-refractivity contribution is 6.44. The van der Waals surface area contributed by atoms with E-state index in [4.69, 9.17) is 27.9 Å². The summed E-state index contributed by atoms with van der Waals surface area (Å²) in [6, 6.07) is 12.3. The SMILES string of the molecule is Clc1cc(-c2ccccc2OCCN2CCCC2)cc(N2CCNCC2)c1Cl. The average Bonchev–Trinajstić information content (AvgIpc) is 3.24. The topological polar surface area (TPSA) is 27.7 Å². The lowest BCUT2D eigenvalue weighted by atomic mass is 10.0. The molecular formula is C22H27Cl2N3O. The molecule has 4 nitrogen and oxygen atoms in total. The van der Waals surface area contributed by atoms with Crippen molar-refractivity contribution in [2.75, 3.05) is 57.3 Å². The Kier molecular flexibility index (Phi) is 6.63. The van der Waals surface area contributed by atoms with Crippen LogP contribution < -0.4 is 15.0 Å². The molecule has 0 aliphatic carbocycles. The normalized spacial score (nSPS) is 17.9. The number of benzene rings is 2. The molecule has 150 valence electrons. The monoisotopic (exact) mass is 419 g/mol. The van der Waals surface area contributed by atoms with Crippen LogP contribution in [0, 0.1) is 0 Å². The molecule has 0 unspecified atom stereocenters. The number of piperazine rings is 1. The van der Waals surface area contributed by atoms with Gasteiger partial charge in [-0.2, -0.15) is 0 Å². The second-order valence-electron chi connectivity index (χ2n) is 7.42. The van der Waals surface area contributed by atoms with Gasteiger partial charge in [-0.05, 0) is 49.7 Å². The zero-order valence-electron chi connectivity index (χ0n) is 16.1. The van der Waals surface area contributed by atoms with E-state index >= 15 is 0 Å². The summed E-state index contributed by atoms with van der Waals surface area (Å²) in [5.74, 6) is 0.895. The van der Waals surface area contributed by atoms with Gasteiger partial charge >= 0.3 is 0 Å². The van der Waals surface area contributed by atoms with Gasteiger partial charge < -0.3 is 15.0 Å². The number of nitrogens with one attached hydrogen (secondary N) is 1. The number of ether oxygens (including phenoxy) is 1. The summed E-state index contributed by atoms with van der Waals surface area (Å²) >= 11 is 13.1. The summed E-state index contributed by atoms with van der Waals surface area (Å²) in [7, 11) is 0. The average molecular weight is 420 g/mol. The van der Waals surface area contributed by atoms with E-state index in [2.05, 4.69) is 27.2 Å².